The zero-order valence-corrected chi connectivity index (χ0v) is 13.2. The molecular weight excluding hydrogens is 272 g/mol. The zero-order valence-electron chi connectivity index (χ0n) is 13.2. The molecule has 1 unspecified atom stereocenters. The number of benzene rings is 1. The van der Waals surface area contributed by atoms with Crippen molar-refractivity contribution in [2.24, 2.45) is 0 Å². The summed E-state index contributed by atoms with van der Waals surface area (Å²) in [6, 6.07) is 10.6. The predicted octanol–water partition coefficient (Wildman–Crippen LogP) is 3.56. The number of hydrogen-bond donors (Lipinski definition) is 1. The molecule has 0 spiro atoms. The van der Waals surface area contributed by atoms with Gasteiger partial charge in [0.15, 0.2) is 0 Å². The molecule has 2 aromatic rings. The van der Waals surface area contributed by atoms with Crippen molar-refractivity contribution in [1.29, 1.82) is 0 Å². The van der Waals surface area contributed by atoms with Crippen molar-refractivity contribution in [3.63, 3.8) is 0 Å². The summed E-state index contributed by atoms with van der Waals surface area (Å²) < 4.78 is 0. The second-order valence-electron chi connectivity index (χ2n) is 6.14. The van der Waals surface area contributed by atoms with Crippen molar-refractivity contribution in [2.75, 3.05) is 6.54 Å². The molecule has 1 heterocycles. The summed E-state index contributed by atoms with van der Waals surface area (Å²) in [4.78, 5) is 6.66. The van der Waals surface area contributed by atoms with Crippen LogP contribution < -0.4 is 0 Å². The molecule has 22 heavy (non-hydrogen) atoms. The van der Waals surface area contributed by atoms with Crippen LogP contribution in [0, 0.1) is 0 Å². The molecule has 0 saturated heterocycles. The lowest BCUT2D eigenvalue weighted by Crippen LogP contribution is -2.39. The van der Waals surface area contributed by atoms with Gasteiger partial charge >= 0.3 is 0 Å². The van der Waals surface area contributed by atoms with E-state index in [2.05, 4.69) is 35.0 Å². The van der Waals surface area contributed by atoms with Gasteiger partial charge < -0.3 is 5.11 Å². The third-order valence-electron chi connectivity index (χ3n) is 4.60. The van der Waals surface area contributed by atoms with E-state index in [-0.39, 0.29) is 0 Å². The largest absolute Gasteiger partial charge is 0.508 e. The molecule has 3 heteroatoms. The standard InChI is InChI=1S/C19H24N2O/c1-2-12-21(14-15-8-10-20-11-9-15)17-7-6-16-4-3-5-19(22)18(16)13-17/h3-5,8-11,17,22H,2,6-7,12-14H2,1H3. The van der Waals surface area contributed by atoms with Crippen LogP contribution in [0.5, 0.6) is 5.75 Å². The molecule has 0 saturated carbocycles. The normalized spacial score (nSPS) is 17.5. The Morgan fingerprint density at radius 2 is 2.05 bits per heavy atom. The van der Waals surface area contributed by atoms with Gasteiger partial charge in [-0.3, -0.25) is 9.88 Å². The maximum atomic E-state index is 10.1. The Morgan fingerprint density at radius 1 is 1.23 bits per heavy atom. The SMILES string of the molecule is CCCN(Cc1ccncc1)C1CCc2cccc(O)c2C1. The summed E-state index contributed by atoms with van der Waals surface area (Å²) in [7, 11) is 0. The van der Waals surface area contributed by atoms with Crippen LogP contribution in [0.2, 0.25) is 0 Å². The molecule has 3 nitrogen and oxygen atoms in total. The molecule has 1 aliphatic carbocycles. The molecule has 116 valence electrons. The van der Waals surface area contributed by atoms with E-state index in [9.17, 15) is 5.11 Å². The van der Waals surface area contributed by atoms with Gasteiger partial charge in [-0.15, -0.1) is 0 Å². The van der Waals surface area contributed by atoms with E-state index in [1.54, 1.807) is 0 Å². The van der Waals surface area contributed by atoms with Crippen molar-refractivity contribution >= 4 is 0 Å². The number of hydrogen-bond acceptors (Lipinski definition) is 3. The summed E-state index contributed by atoms with van der Waals surface area (Å²) in [5.41, 5.74) is 3.78. The third-order valence-corrected chi connectivity index (χ3v) is 4.60. The second-order valence-corrected chi connectivity index (χ2v) is 6.14. The maximum Gasteiger partial charge on any atom is 0.119 e. The molecule has 1 aromatic heterocycles. The van der Waals surface area contributed by atoms with Gasteiger partial charge in [-0.25, -0.2) is 0 Å². The van der Waals surface area contributed by atoms with Gasteiger partial charge in [-0.1, -0.05) is 19.1 Å². The maximum absolute atomic E-state index is 10.1. The van der Waals surface area contributed by atoms with Crippen LogP contribution in [0.15, 0.2) is 42.7 Å². The van der Waals surface area contributed by atoms with Gasteiger partial charge in [0.1, 0.15) is 5.75 Å². The number of aromatic nitrogens is 1. The Hall–Kier alpha value is -1.87. The van der Waals surface area contributed by atoms with Gasteiger partial charge in [0.25, 0.3) is 0 Å². The minimum absolute atomic E-state index is 0.461. The number of rotatable bonds is 5. The first-order chi connectivity index (χ1) is 10.8. The molecule has 1 aliphatic rings. The second kappa shape index (κ2) is 6.93. The topological polar surface area (TPSA) is 36.4 Å². The van der Waals surface area contributed by atoms with Crippen molar-refractivity contribution < 1.29 is 5.11 Å². The van der Waals surface area contributed by atoms with Crippen LogP contribution in [0.25, 0.3) is 0 Å². The Kier molecular flexibility index (Phi) is 4.74. The number of aromatic hydroxyl groups is 1. The fraction of sp³-hybridized carbons (Fsp3) is 0.421. The molecule has 0 bridgehead atoms. The minimum atomic E-state index is 0.461. The highest BCUT2D eigenvalue weighted by molar-refractivity contribution is 5.41. The fourth-order valence-electron chi connectivity index (χ4n) is 3.46. The van der Waals surface area contributed by atoms with E-state index in [1.165, 1.54) is 17.5 Å². The van der Waals surface area contributed by atoms with Crippen LogP contribution in [0.1, 0.15) is 36.5 Å². The molecule has 3 rings (SSSR count). The van der Waals surface area contributed by atoms with Crippen molar-refractivity contribution in [3.8, 4) is 5.75 Å². The van der Waals surface area contributed by atoms with Crippen LogP contribution in [0.4, 0.5) is 0 Å². The summed E-state index contributed by atoms with van der Waals surface area (Å²) in [6.45, 7) is 4.29. The Labute approximate surface area is 132 Å². The number of nitrogens with zero attached hydrogens (tertiary/aromatic N) is 2. The highest BCUT2D eigenvalue weighted by atomic mass is 16.3. The third kappa shape index (κ3) is 3.30. The molecule has 0 amide bonds. The summed E-state index contributed by atoms with van der Waals surface area (Å²) in [5, 5.41) is 10.1. The zero-order chi connectivity index (χ0) is 15.4. The highest BCUT2D eigenvalue weighted by Crippen LogP contribution is 2.31. The number of fused-ring (bicyclic) bond motifs is 1. The summed E-state index contributed by atoms with van der Waals surface area (Å²) >= 11 is 0. The Bertz CT molecular complexity index is 612. The molecule has 0 radical (unpaired) electrons. The molecule has 1 aromatic carbocycles. The summed E-state index contributed by atoms with van der Waals surface area (Å²) in [5.74, 6) is 0.461. The van der Waals surface area contributed by atoms with Gasteiger partial charge in [0.05, 0.1) is 0 Å². The number of pyridine rings is 1. The highest BCUT2D eigenvalue weighted by Gasteiger charge is 2.25. The van der Waals surface area contributed by atoms with Crippen LogP contribution in [0.3, 0.4) is 0 Å². The molecule has 1 atom stereocenters. The first-order valence-electron chi connectivity index (χ1n) is 8.20. The molecule has 1 N–H and O–H groups in total. The van der Waals surface area contributed by atoms with E-state index < -0.39 is 0 Å². The Morgan fingerprint density at radius 3 is 2.82 bits per heavy atom. The lowest BCUT2D eigenvalue weighted by atomic mass is 9.86. The van der Waals surface area contributed by atoms with E-state index in [4.69, 9.17) is 0 Å². The van der Waals surface area contributed by atoms with Gasteiger partial charge in [0.2, 0.25) is 0 Å². The average Bonchev–Trinajstić information content (AvgIpc) is 2.56. The van der Waals surface area contributed by atoms with E-state index in [1.807, 2.05) is 24.5 Å². The van der Waals surface area contributed by atoms with E-state index in [0.29, 0.717) is 11.8 Å². The number of aryl methyl sites for hydroxylation is 1. The lowest BCUT2D eigenvalue weighted by molar-refractivity contribution is 0.170. The lowest BCUT2D eigenvalue weighted by Gasteiger charge is -2.35. The minimum Gasteiger partial charge on any atom is -0.508 e. The summed E-state index contributed by atoms with van der Waals surface area (Å²) in [6.07, 6.45) is 8.05. The quantitative estimate of drug-likeness (QED) is 0.916. The van der Waals surface area contributed by atoms with Gasteiger partial charge in [-0.2, -0.15) is 0 Å². The van der Waals surface area contributed by atoms with Crippen molar-refractivity contribution in [3.05, 3.63) is 59.4 Å². The average molecular weight is 296 g/mol. The first-order valence-corrected chi connectivity index (χ1v) is 8.20. The van der Waals surface area contributed by atoms with E-state index in [0.717, 1.165) is 37.9 Å². The van der Waals surface area contributed by atoms with E-state index >= 15 is 0 Å². The number of phenols is 1. The molecule has 0 aliphatic heterocycles. The Balaban J connectivity index is 1.77. The monoisotopic (exact) mass is 296 g/mol. The smallest absolute Gasteiger partial charge is 0.119 e. The van der Waals surface area contributed by atoms with Crippen LogP contribution in [-0.4, -0.2) is 27.6 Å². The molecule has 0 fully saturated rings. The fourth-order valence-corrected chi connectivity index (χ4v) is 3.46. The van der Waals surface area contributed by atoms with Gasteiger partial charge in [-0.05, 0) is 67.1 Å². The van der Waals surface area contributed by atoms with Crippen LogP contribution in [-0.2, 0) is 19.4 Å². The first kappa shape index (κ1) is 15.0. The van der Waals surface area contributed by atoms with Crippen molar-refractivity contribution in [1.82, 2.24) is 9.88 Å². The van der Waals surface area contributed by atoms with Crippen LogP contribution >= 0.6 is 0 Å². The predicted molar refractivity (Wildman–Crippen MR) is 88.9 cm³/mol. The molecular formula is C19H24N2O. The van der Waals surface area contributed by atoms with Crippen molar-refractivity contribution in [2.45, 2.75) is 45.2 Å². The van der Waals surface area contributed by atoms with Gasteiger partial charge in [0, 0.05) is 25.0 Å². The number of phenolic OH excluding ortho intramolecular Hbond substituents is 1.